The summed E-state index contributed by atoms with van der Waals surface area (Å²) < 4.78 is 20.2. The largest absolute Gasteiger partial charge is 0.376 e. The van der Waals surface area contributed by atoms with E-state index in [-0.39, 0.29) is 6.40 Å². The SMILES string of the molecule is [2H]c1ccc2c(c1)COCC2[2H]. The van der Waals surface area contributed by atoms with Crippen molar-refractivity contribution in [3.05, 3.63) is 35.4 Å². The van der Waals surface area contributed by atoms with Crippen molar-refractivity contribution in [2.75, 3.05) is 6.61 Å². The highest BCUT2D eigenvalue weighted by molar-refractivity contribution is 5.27. The third-order valence-corrected chi connectivity index (χ3v) is 1.67. The van der Waals surface area contributed by atoms with Crippen molar-refractivity contribution in [2.24, 2.45) is 0 Å². The summed E-state index contributed by atoms with van der Waals surface area (Å²) in [4.78, 5) is 0. The molecule has 0 aliphatic carbocycles. The van der Waals surface area contributed by atoms with Crippen LogP contribution in [0.3, 0.4) is 0 Å². The fourth-order valence-corrected chi connectivity index (χ4v) is 1.12. The monoisotopic (exact) mass is 136 g/mol. The molecule has 1 aliphatic rings. The van der Waals surface area contributed by atoms with Gasteiger partial charge in [0.15, 0.2) is 0 Å². The second-order valence-corrected chi connectivity index (χ2v) is 2.34. The van der Waals surface area contributed by atoms with Crippen molar-refractivity contribution in [3.63, 3.8) is 0 Å². The summed E-state index contributed by atoms with van der Waals surface area (Å²) in [6, 6.07) is 5.85. The van der Waals surface area contributed by atoms with E-state index in [0.29, 0.717) is 19.3 Å². The second kappa shape index (κ2) is 2.43. The topological polar surface area (TPSA) is 9.23 Å². The first kappa shape index (κ1) is 4.14. The van der Waals surface area contributed by atoms with Gasteiger partial charge in [-0.2, -0.15) is 0 Å². The minimum absolute atomic E-state index is 0.269. The second-order valence-electron chi connectivity index (χ2n) is 2.34. The van der Waals surface area contributed by atoms with Crippen molar-refractivity contribution in [1.29, 1.82) is 0 Å². The average Bonchev–Trinajstić information content (AvgIpc) is 2.04. The smallest absolute Gasteiger partial charge is 0.0719 e. The van der Waals surface area contributed by atoms with E-state index < -0.39 is 0 Å². The molecule has 0 saturated carbocycles. The highest BCUT2D eigenvalue weighted by atomic mass is 16.5. The lowest BCUT2D eigenvalue weighted by atomic mass is 10.0. The van der Waals surface area contributed by atoms with Gasteiger partial charge in [-0.05, 0) is 17.5 Å². The Labute approximate surface area is 63.4 Å². The fourth-order valence-electron chi connectivity index (χ4n) is 1.12. The predicted octanol–water partition coefficient (Wildman–Crippen LogP) is 1.76. The summed E-state index contributed by atoms with van der Waals surface area (Å²) >= 11 is 0. The third kappa shape index (κ3) is 0.929. The van der Waals surface area contributed by atoms with Crippen LogP contribution in [0.15, 0.2) is 24.2 Å². The number of hydrogen-bond donors (Lipinski definition) is 0. The molecule has 0 bridgehead atoms. The van der Waals surface area contributed by atoms with Crippen LogP contribution >= 0.6 is 0 Å². The van der Waals surface area contributed by atoms with Crippen LogP contribution in [0, 0.1) is 0 Å². The van der Waals surface area contributed by atoms with Gasteiger partial charge in [0.05, 0.1) is 14.6 Å². The van der Waals surface area contributed by atoms with Crippen molar-refractivity contribution in [3.8, 4) is 0 Å². The lowest BCUT2D eigenvalue weighted by molar-refractivity contribution is 0.111. The summed E-state index contributed by atoms with van der Waals surface area (Å²) in [5, 5.41) is 0. The molecule has 0 N–H and O–H groups in total. The van der Waals surface area contributed by atoms with Crippen LogP contribution in [0.1, 0.15) is 13.9 Å². The van der Waals surface area contributed by atoms with Gasteiger partial charge in [0.2, 0.25) is 0 Å². The summed E-state index contributed by atoms with van der Waals surface area (Å²) in [6.07, 6.45) is -0.269. The molecule has 1 aromatic carbocycles. The molecule has 0 fully saturated rings. The van der Waals surface area contributed by atoms with Crippen molar-refractivity contribution in [2.45, 2.75) is 13.0 Å². The predicted molar refractivity (Wildman–Crippen MR) is 39.8 cm³/mol. The van der Waals surface area contributed by atoms with Crippen molar-refractivity contribution < 1.29 is 7.48 Å². The third-order valence-electron chi connectivity index (χ3n) is 1.67. The lowest BCUT2D eigenvalue weighted by Crippen LogP contribution is -2.08. The molecule has 1 heteroatoms. The standard InChI is InChI=1S/C9H10O/c1-2-4-9-7-10-6-5-8(9)3-1/h1-4H,5-7H2/i2D,5D. The van der Waals surface area contributed by atoms with Gasteiger partial charge >= 0.3 is 0 Å². The van der Waals surface area contributed by atoms with Crippen LogP contribution in [0.25, 0.3) is 0 Å². The van der Waals surface area contributed by atoms with Crippen LogP contribution in [0.4, 0.5) is 0 Å². The van der Waals surface area contributed by atoms with Gasteiger partial charge in [-0.1, -0.05) is 24.2 Å². The van der Waals surface area contributed by atoms with E-state index in [2.05, 4.69) is 0 Å². The Balaban J connectivity index is 2.46. The summed E-state index contributed by atoms with van der Waals surface area (Å²) in [7, 11) is 0. The molecule has 0 amide bonds. The van der Waals surface area contributed by atoms with Gasteiger partial charge in [-0.25, -0.2) is 0 Å². The first-order valence-corrected chi connectivity index (χ1v) is 3.37. The first-order chi connectivity index (χ1) is 5.77. The molecule has 1 aromatic rings. The zero-order valence-corrected chi connectivity index (χ0v) is 5.63. The van der Waals surface area contributed by atoms with Gasteiger partial charge in [0, 0.05) is 1.37 Å². The van der Waals surface area contributed by atoms with Gasteiger partial charge in [-0.15, -0.1) is 0 Å². The van der Waals surface area contributed by atoms with Crippen LogP contribution in [0.5, 0.6) is 0 Å². The quantitative estimate of drug-likeness (QED) is 0.528. The van der Waals surface area contributed by atoms with Gasteiger partial charge in [0.1, 0.15) is 0 Å². The molecule has 0 radical (unpaired) electrons. The number of fused-ring (bicyclic) bond motifs is 1. The number of ether oxygens (including phenoxy) is 1. The van der Waals surface area contributed by atoms with E-state index in [1.54, 1.807) is 12.1 Å². The van der Waals surface area contributed by atoms with Crippen LogP contribution in [-0.4, -0.2) is 6.61 Å². The lowest BCUT2D eigenvalue weighted by Gasteiger charge is -2.14. The fraction of sp³-hybridized carbons (Fsp3) is 0.333. The molecular formula is C9H10O. The number of benzene rings is 1. The normalized spacial score (nSPS) is 26.6. The molecule has 2 rings (SSSR count). The van der Waals surface area contributed by atoms with Gasteiger partial charge < -0.3 is 4.74 Å². The Morgan fingerprint density at radius 2 is 2.50 bits per heavy atom. The number of rotatable bonds is 0. The highest BCUT2D eigenvalue weighted by Crippen LogP contribution is 2.14. The Bertz CT molecular complexity index is 299. The Morgan fingerprint density at radius 3 is 3.50 bits per heavy atom. The maximum atomic E-state index is 7.64. The van der Waals surface area contributed by atoms with Crippen LogP contribution in [0.2, 0.25) is 0 Å². The van der Waals surface area contributed by atoms with E-state index in [1.165, 1.54) is 0 Å². The van der Waals surface area contributed by atoms with Crippen LogP contribution < -0.4 is 0 Å². The molecule has 0 saturated heterocycles. The minimum atomic E-state index is -0.269. The maximum Gasteiger partial charge on any atom is 0.0719 e. The average molecular weight is 136 g/mol. The summed E-state index contributed by atoms with van der Waals surface area (Å²) in [5.41, 5.74) is 2.01. The minimum Gasteiger partial charge on any atom is -0.376 e. The number of hydrogen-bond acceptors (Lipinski definition) is 1. The van der Waals surface area contributed by atoms with E-state index in [9.17, 15) is 0 Å². The Hall–Kier alpha value is -0.820. The zero-order chi connectivity index (χ0) is 8.55. The van der Waals surface area contributed by atoms with Crippen molar-refractivity contribution in [1.82, 2.24) is 0 Å². The van der Waals surface area contributed by atoms with E-state index in [0.717, 1.165) is 11.1 Å². The zero-order valence-electron chi connectivity index (χ0n) is 7.63. The highest BCUT2D eigenvalue weighted by Gasteiger charge is 2.06. The van der Waals surface area contributed by atoms with E-state index in [1.807, 2.05) is 6.07 Å². The Morgan fingerprint density at radius 1 is 1.50 bits per heavy atom. The molecule has 0 aromatic heterocycles. The summed E-state index contributed by atoms with van der Waals surface area (Å²) in [6.45, 7) is 1.03. The molecular weight excluding hydrogens is 124 g/mol. The summed E-state index contributed by atoms with van der Waals surface area (Å²) in [5.74, 6) is 0. The van der Waals surface area contributed by atoms with E-state index >= 15 is 0 Å². The van der Waals surface area contributed by atoms with E-state index in [4.69, 9.17) is 7.48 Å². The Kier molecular flexibility index (Phi) is 1.01. The molecule has 1 atom stereocenters. The van der Waals surface area contributed by atoms with Gasteiger partial charge in [0.25, 0.3) is 0 Å². The molecule has 10 heavy (non-hydrogen) atoms. The maximum absolute atomic E-state index is 7.64. The molecule has 1 aliphatic heterocycles. The molecule has 1 nitrogen and oxygen atoms in total. The van der Waals surface area contributed by atoms with Crippen molar-refractivity contribution >= 4 is 0 Å². The first-order valence-electron chi connectivity index (χ1n) is 4.44. The molecule has 1 unspecified atom stereocenters. The molecule has 52 valence electrons. The molecule has 1 heterocycles. The molecule has 0 spiro atoms. The van der Waals surface area contributed by atoms with Crippen LogP contribution in [-0.2, 0) is 17.7 Å². The van der Waals surface area contributed by atoms with Gasteiger partial charge in [-0.3, -0.25) is 0 Å².